The number of nitrogens with one attached hydrogen (secondary N) is 2. The third-order valence-corrected chi connectivity index (χ3v) is 7.94. The number of anilines is 1. The molecule has 0 saturated carbocycles. The lowest BCUT2D eigenvalue weighted by Gasteiger charge is -2.30. The quantitative estimate of drug-likeness (QED) is 0.200. The molecule has 2 aromatic carbocycles. The van der Waals surface area contributed by atoms with Gasteiger partial charge in [0.2, 0.25) is 5.82 Å². The fourth-order valence-corrected chi connectivity index (χ4v) is 5.62. The van der Waals surface area contributed by atoms with Crippen molar-refractivity contribution < 1.29 is 19.2 Å². The van der Waals surface area contributed by atoms with E-state index >= 15 is 0 Å². The number of piperidine rings is 1. The SMILES string of the molecule is O=C(O)NC1CCN(C(=O)c2nc(-c3cncc(-c4nc(NCc5ccccn5)c5c(-c6ccccc6)cccc5n4)c3)no2)CC1. The van der Waals surface area contributed by atoms with E-state index in [0.717, 1.165) is 27.7 Å². The lowest BCUT2D eigenvalue weighted by atomic mass is 10.0. The van der Waals surface area contributed by atoms with Gasteiger partial charge >= 0.3 is 17.9 Å². The van der Waals surface area contributed by atoms with E-state index in [1.165, 1.54) is 0 Å². The van der Waals surface area contributed by atoms with E-state index in [1.807, 2.05) is 48.5 Å². The predicted molar refractivity (Wildman–Crippen MR) is 173 cm³/mol. The monoisotopic (exact) mass is 627 g/mol. The Morgan fingerprint density at radius 3 is 2.43 bits per heavy atom. The fourth-order valence-electron chi connectivity index (χ4n) is 5.62. The smallest absolute Gasteiger partial charge is 0.404 e. The van der Waals surface area contributed by atoms with Crippen LogP contribution in [0.5, 0.6) is 0 Å². The molecule has 1 aliphatic heterocycles. The van der Waals surface area contributed by atoms with Crippen LogP contribution in [0.4, 0.5) is 10.6 Å². The molecule has 5 heterocycles. The summed E-state index contributed by atoms with van der Waals surface area (Å²) in [4.78, 5) is 48.7. The van der Waals surface area contributed by atoms with Crippen molar-refractivity contribution in [3.63, 3.8) is 0 Å². The van der Waals surface area contributed by atoms with Crippen LogP contribution in [-0.4, -0.2) is 71.2 Å². The van der Waals surface area contributed by atoms with E-state index in [1.54, 1.807) is 29.6 Å². The summed E-state index contributed by atoms with van der Waals surface area (Å²) in [6.07, 6.45) is 4.93. The molecule has 1 aliphatic rings. The number of amides is 2. The van der Waals surface area contributed by atoms with Crippen LogP contribution in [0.2, 0.25) is 0 Å². The van der Waals surface area contributed by atoms with Gasteiger partial charge in [-0.2, -0.15) is 4.98 Å². The molecule has 4 aromatic heterocycles. The molecular weight excluding hydrogens is 598 g/mol. The number of rotatable bonds is 8. The first kappa shape index (κ1) is 29.5. The molecule has 3 N–H and O–H groups in total. The zero-order chi connectivity index (χ0) is 32.2. The van der Waals surface area contributed by atoms with Gasteiger partial charge in [-0.3, -0.25) is 14.8 Å². The maximum Gasteiger partial charge on any atom is 0.404 e. The average Bonchev–Trinajstić information content (AvgIpc) is 3.62. The van der Waals surface area contributed by atoms with Crippen LogP contribution >= 0.6 is 0 Å². The van der Waals surface area contributed by atoms with Gasteiger partial charge in [0, 0.05) is 48.8 Å². The number of nitrogens with zero attached hydrogens (tertiary/aromatic N) is 7. The van der Waals surface area contributed by atoms with Gasteiger partial charge < -0.3 is 25.2 Å². The van der Waals surface area contributed by atoms with Crippen molar-refractivity contribution in [3.8, 4) is 33.9 Å². The molecule has 0 radical (unpaired) electrons. The highest BCUT2D eigenvalue weighted by Gasteiger charge is 2.28. The summed E-state index contributed by atoms with van der Waals surface area (Å²) < 4.78 is 5.34. The van der Waals surface area contributed by atoms with E-state index in [4.69, 9.17) is 19.6 Å². The van der Waals surface area contributed by atoms with E-state index in [9.17, 15) is 9.59 Å². The molecule has 7 rings (SSSR count). The number of carboxylic acid groups (broad SMARTS) is 1. The highest BCUT2D eigenvalue weighted by molar-refractivity contribution is 6.02. The standard InChI is InChI=1S/C34H29N9O4/c44-33(43-15-12-24(13-16-43)38-34(45)46)32-41-30(42-47-32)23-17-22(18-35-19-23)29-39-27-11-6-10-26(21-7-2-1-3-8-21)28(27)31(40-29)37-20-25-9-4-5-14-36-25/h1-11,14,17-19,24,38H,12-13,15-16,20H2,(H,45,46)(H,37,39,40). The minimum absolute atomic E-state index is 0.147. The molecular formula is C34H29N9O4. The number of fused-ring (bicyclic) bond motifs is 1. The summed E-state index contributed by atoms with van der Waals surface area (Å²) in [5, 5.41) is 19.8. The second-order valence-electron chi connectivity index (χ2n) is 11.0. The topological polar surface area (TPSA) is 172 Å². The first-order valence-electron chi connectivity index (χ1n) is 15.1. The second kappa shape index (κ2) is 13.0. The summed E-state index contributed by atoms with van der Waals surface area (Å²) >= 11 is 0. The van der Waals surface area contributed by atoms with Crippen LogP contribution in [0.15, 0.2) is 95.9 Å². The maximum atomic E-state index is 13.1. The Kier molecular flexibility index (Phi) is 8.16. The van der Waals surface area contributed by atoms with Crippen LogP contribution in [0.1, 0.15) is 29.2 Å². The van der Waals surface area contributed by atoms with Gasteiger partial charge in [-0.1, -0.05) is 53.7 Å². The third kappa shape index (κ3) is 6.45. The van der Waals surface area contributed by atoms with Gasteiger partial charge in [0.15, 0.2) is 5.82 Å². The van der Waals surface area contributed by atoms with Gasteiger partial charge in [-0.25, -0.2) is 14.8 Å². The molecule has 0 unspecified atom stereocenters. The Morgan fingerprint density at radius 2 is 1.66 bits per heavy atom. The molecule has 0 atom stereocenters. The van der Waals surface area contributed by atoms with Crippen molar-refractivity contribution in [2.45, 2.75) is 25.4 Å². The summed E-state index contributed by atoms with van der Waals surface area (Å²) in [6.45, 7) is 1.21. The Hall–Kier alpha value is -6.24. The number of hydrogen-bond donors (Lipinski definition) is 3. The molecule has 234 valence electrons. The number of benzene rings is 2. The third-order valence-electron chi connectivity index (χ3n) is 7.94. The summed E-state index contributed by atoms with van der Waals surface area (Å²) in [7, 11) is 0. The van der Waals surface area contributed by atoms with Crippen molar-refractivity contribution >= 4 is 28.7 Å². The molecule has 47 heavy (non-hydrogen) atoms. The lowest BCUT2D eigenvalue weighted by Crippen LogP contribution is -2.46. The second-order valence-corrected chi connectivity index (χ2v) is 11.0. The first-order valence-corrected chi connectivity index (χ1v) is 15.1. The molecule has 1 saturated heterocycles. The number of hydrogen-bond acceptors (Lipinski definition) is 10. The summed E-state index contributed by atoms with van der Waals surface area (Å²) in [5.74, 6) is 0.739. The highest BCUT2D eigenvalue weighted by Crippen LogP contribution is 2.34. The van der Waals surface area contributed by atoms with Crippen LogP contribution in [0.25, 0.3) is 44.8 Å². The maximum absolute atomic E-state index is 13.1. The number of likely N-dealkylation sites (tertiary alicyclic amines) is 1. The van der Waals surface area contributed by atoms with Crippen molar-refractivity contribution in [2.75, 3.05) is 18.4 Å². The number of pyridine rings is 2. The molecule has 1 fully saturated rings. The fraction of sp³-hybridized carbons (Fsp3) is 0.176. The van der Waals surface area contributed by atoms with Crippen molar-refractivity contribution in [1.82, 2.24) is 40.3 Å². The Morgan fingerprint density at radius 1 is 0.872 bits per heavy atom. The minimum atomic E-state index is -1.07. The molecule has 0 spiro atoms. The van der Waals surface area contributed by atoms with Crippen molar-refractivity contribution in [2.24, 2.45) is 0 Å². The predicted octanol–water partition coefficient (Wildman–Crippen LogP) is 5.29. The highest BCUT2D eigenvalue weighted by atomic mass is 16.5. The van der Waals surface area contributed by atoms with Crippen LogP contribution in [0.3, 0.4) is 0 Å². The Bertz CT molecular complexity index is 2050. The largest absolute Gasteiger partial charge is 0.465 e. The average molecular weight is 628 g/mol. The molecule has 2 amide bonds. The van der Waals surface area contributed by atoms with Gasteiger partial charge in [0.25, 0.3) is 0 Å². The van der Waals surface area contributed by atoms with E-state index in [-0.39, 0.29) is 17.8 Å². The summed E-state index contributed by atoms with van der Waals surface area (Å²) in [5.41, 5.74) is 4.81. The van der Waals surface area contributed by atoms with Crippen LogP contribution < -0.4 is 10.6 Å². The Labute approximate surface area is 268 Å². The van der Waals surface area contributed by atoms with Gasteiger partial charge in [0.05, 0.1) is 23.1 Å². The van der Waals surface area contributed by atoms with E-state index in [0.29, 0.717) is 55.2 Å². The van der Waals surface area contributed by atoms with Gasteiger partial charge in [0.1, 0.15) is 5.82 Å². The number of aromatic nitrogens is 6. The molecule has 13 nitrogen and oxygen atoms in total. The van der Waals surface area contributed by atoms with Crippen molar-refractivity contribution in [1.29, 1.82) is 0 Å². The van der Waals surface area contributed by atoms with Gasteiger partial charge in [-0.05, 0) is 48.2 Å². The minimum Gasteiger partial charge on any atom is -0.465 e. The Balaban J connectivity index is 1.19. The van der Waals surface area contributed by atoms with E-state index < -0.39 is 12.0 Å². The summed E-state index contributed by atoms with van der Waals surface area (Å²) in [6, 6.07) is 23.5. The number of carbonyl (C=O) groups excluding carboxylic acids is 1. The molecule has 0 aliphatic carbocycles. The first-order chi connectivity index (χ1) is 23.0. The van der Waals surface area contributed by atoms with Crippen LogP contribution in [0, 0.1) is 0 Å². The van der Waals surface area contributed by atoms with Gasteiger partial charge in [-0.15, -0.1) is 0 Å². The zero-order valence-corrected chi connectivity index (χ0v) is 25.1. The molecule has 13 heteroatoms. The molecule has 6 aromatic rings. The lowest BCUT2D eigenvalue weighted by molar-refractivity contribution is 0.0656. The molecule has 0 bridgehead atoms. The van der Waals surface area contributed by atoms with Crippen LogP contribution in [-0.2, 0) is 6.54 Å². The normalized spacial score (nSPS) is 13.4. The zero-order valence-electron chi connectivity index (χ0n) is 25.1. The van der Waals surface area contributed by atoms with E-state index in [2.05, 4.69) is 48.9 Å². The number of carbonyl (C=O) groups is 2. The van der Waals surface area contributed by atoms with Crippen molar-refractivity contribution in [3.05, 3.63) is 103 Å².